The van der Waals surface area contributed by atoms with Crippen molar-refractivity contribution in [1.82, 2.24) is 14.9 Å². The molecule has 5 nitrogen and oxygen atoms in total. The Morgan fingerprint density at radius 2 is 1.93 bits per heavy atom. The summed E-state index contributed by atoms with van der Waals surface area (Å²) in [6.07, 6.45) is 2.71. The topological polar surface area (TPSA) is 56.1 Å². The number of carbonyl (C=O) groups is 1. The van der Waals surface area contributed by atoms with Crippen LogP contribution in [0.5, 0.6) is 5.75 Å². The van der Waals surface area contributed by atoms with Gasteiger partial charge < -0.3 is 14.6 Å². The average molecular weight is 408 g/mol. The molecule has 0 bridgehead atoms. The molecule has 1 N–H and O–H groups in total. The van der Waals surface area contributed by atoms with E-state index in [1.54, 1.807) is 0 Å². The molecule has 0 radical (unpaired) electrons. The lowest BCUT2D eigenvalue weighted by Crippen LogP contribution is -2.30. The van der Waals surface area contributed by atoms with Crippen LogP contribution in [0.4, 0.5) is 0 Å². The Morgan fingerprint density at radius 3 is 2.73 bits per heavy atom. The fourth-order valence-electron chi connectivity index (χ4n) is 3.48. The molecule has 30 heavy (non-hydrogen) atoms. The number of hydrogen-bond donors (Lipinski definition) is 1. The summed E-state index contributed by atoms with van der Waals surface area (Å²) in [6.45, 7) is 10.2. The van der Waals surface area contributed by atoms with Crippen LogP contribution in [0.3, 0.4) is 0 Å². The van der Waals surface area contributed by atoms with Crippen molar-refractivity contribution in [2.75, 3.05) is 13.2 Å². The molecule has 0 spiro atoms. The van der Waals surface area contributed by atoms with Crippen molar-refractivity contribution < 1.29 is 9.53 Å². The minimum Gasteiger partial charge on any atom is -0.493 e. The number of rotatable bonds is 10. The number of para-hydroxylation sites is 2. The number of fused-ring (bicyclic) bond motifs is 1. The van der Waals surface area contributed by atoms with Gasteiger partial charge in [0.05, 0.1) is 17.6 Å². The van der Waals surface area contributed by atoms with Crippen LogP contribution in [-0.4, -0.2) is 28.6 Å². The molecular weight excluding hydrogens is 374 g/mol. The highest BCUT2D eigenvalue weighted by molar-refractivity contribution is 5.78. The summed E-state index contributed by atoms with van der Waals surface area (Å²) in [5.41, 5.74) is 4.55. The Bertz CT molecular complexity index is 991. The van der Waals surface area contributed by atoms with E-state index >= 15 is 0 Å². The van der Waals surface area contributed by atoms with Crippen molar-refractivity contribution >= 4 is 16.9 Å². The molecule has 0 aliphatic rings. The molecule has 1 heterocycles. The van der Waals surface area contributed by atoms with Gasteiger partial charge in [0.15, 0.2) is 0 Å². The van der Waals surface area contributed by atoms with Gasteiger partial charge in [0, 0.05) is 25.4 Å². The van der Waals surface area contributed by atoms with Crippen molar-refractivity contribution in [2.24, 2.45) is 5.92 Å². The van der Waals surface area contributed by atoms with Gasteiger partial charge in [-0.05, 0) is 56.0 Å². The van der Waals surface area contributed by atoms with E-state index < -0.39 is 0 Å². The second-order valence-corrected chi connectivity index (χ2v) is 8.19. The molecule has 3 aromatic rings. The van der Waals surface area contributed by atoms with Crippen LogP contribution < -0.4 is 10.1 Å². The Hall–Kier alpha value is -2.82. The molecule has 2 aromatic carbocycles. The molecule has 0 unspecified atom stereocenters. The van der Waals surface area contributed by atoms with Crippen LogP contribution in [0, 0.1) is 19.8 Å². The SMILES string of the molecule is Cc1ccc(C)c(OCCCCn2c(CCNC(=O)C(C)C)nc3ccccc32)c1. The van der Waals surface area contributed by atoms with E-state index in [0.29, 0.717) is 13.2 Å². The zero-order chi connectivity index (χ0) is 21.5. The number of hydrogen-bond acceptors (Lipinski definition) is 3. The highest BCUT2D eigenvalue weighted by atomic mass is 16.5. The van der Waals surface area contributed by atoms with Gasteiger partial charge in [-0.15, -0.1) is 0 Å². The smallest absolute Gasteiger partial charge is 0.222 e. The van der Waals surface area contributed by atoms with Gasteiger partial charge >= 0.3 is 0 Å². The summed E-state index contributed by atoms with van der Waals surface area (Å²) in [4.78, 5) is 16.6. The maximum atomic E-state index is 11.8. The summed E-state index contributed by atoms with van der Waals surface area (Å²) < 4.78 is 8.28. The molecule has 160 valence electrons. The summed E-state index contributed by atoms with van der Waals surface area (Å²) in [6, 6.07) is 14.5. The first-order valence-electron chi connectivity index (χ1n) is 10.9. The summed E-state index contributed by atoms with van der Waals surface area (Å²) >= 11 is 0. The highest BCUT2D eigenvalue weighted by Gasteiger charge is 2.12. The number of aromatic nitrogens is 2. The van der Waals surface area contributed by atoms with E-state index in [9.17, 15) is 4.79 Å². The van der Waals surface area contributed by atoms with Gasteiger partial charge in [-0.1, -0.05) is 38.1 Å². The molecule has 1 amide bonds. The van der Waals surface area contributed by atoms with E-state index in [2.05, 4.69) is 54.1 Å². The summed E-state index contributed by atoms with van der Waals surface area (Å²) in [7, 11) is 0. The maximum absolute atomic E-state index is 11.8. The van der Waals surface area contributed by atoms with Crippen LogP contribution in [0.25, 0.3) is 11.0 Å². The van der Waals surface area contributed by atoms with Gasteiger partial charge in [0.25, 0.3) is 0 Å². The van der Waals surface area contributed by atoms with Gasteiger partial charge in [-0.25, -0.2) is 4.98 Å². The quantitative estimate of drug-likeness (QED) is 0.490. The van der Waals surface area contributed by atoms with E-state index in [4.69, 9.17) is 9.72 Å². The second-order valence-electron chi connectivity index (χ2n) is 8.19. The Morgan fingerprint density at radius 1 is 1.13 bits per heavy atom. The molecule has 0 atom stereocenters. The van der Waals surface area contributed by atoms with Gasteiger partial charge in [0.1, 0.15) is 11.6 Å². The molecular formula is C25H33N3O2. The maximum Gasteiger partial charge on any atom is 0.222 e. The van der Waals surface area contributed by atoms with E-state index in [1.165, 1.54) is 11.1 Å². The third-order valence-electron chi connectivity index (χ3n) is 5.28. The van der Waals surface area contributed by atoms with E-state index in [1.807, 2.05) is 26.0 Å². The minimum absolute atomic E-state index is 0.000793. The van der Waals surface area contributed by atoms with Gasteiger partial charge in [-0.2, -0.15) is 0 Å². The van der Waals surface area contributed by atoms with Crippen molar-refractivity contribution in [3.05, 3.63) is 59.4 Å². The number of amides is 1. The standard InChI is InChI=1S/C25H33N3O2/c1-18(2)25(29)26-14-13-24-27-21-9-5-6-10-22(21)28(24)15-7-8-16-30-23-17-19(3)11-12-20(23)4/h5-6,9-12,17-18H,7-8,13-16H2,1-4H3,(H,26,29). The number of ether oxygens (including phenoxy) is 1. The minimum atomic E-state index is 0.000793. The van der Waals surface area contributed by atoms with Crippen molar-refractivity contribution in [3.8, 4) is 5.75 Å². The highest BCUT2D eigenvalue weighted by Crippen LogP contribution is 2.20. The van der Waals surface area contributed by atoms with Crippen LogP contribution in [-0.2, 0) is 17.8 Å². The van der Waals surface area contributed by atoms with Crippen molar-refractivity contribution in [3.63, 3.8) is 0 Å². The van der Waals surface area contributed by atoms with E-state index in [0.717, 1.165) is 48.4 Å². The molecule has 0 aliphatic carbocycles. The Labute approximate surface area is 179 Å². The Kier molecular flexibility index (Phi) is 7.50. The predicted molar refractivity (Wildman–Crippen MR) is 122 cm³/mol. The zero-order valence-electron chi connectivity index (χ0n) is 18.6. The van der Waals surface area contributed by atoms with E-state index in [-0.39, 0.29) is 11.8 Å². The third-order valence-corrected chi connectivity index (χ3v) is 5.28. The monoisotopic (exact) mass is 407 g/mol. The van der Waals surface area contributed by atoms with Crippen LogP contribution in [0.15, 0.2) is 42.5 Å². The number of carbonyl (C=O) groups excluding carboxylic acids is 1. The summed E-state index contributed by atoms with van der Waals surface area (Å²) in [5.74, 6) is 2.09. The number of unbranched alkanes of at least 4 members (excludes halogenated alkanes) is 1. The molecule has 1 aromatic heterocycles. The van der Waals surface area contributed by atoms with Gasteiger partial charge in [0.2, 0.25) is 5.91 Å². The number of benzene rings is 2. The lowest BCUT2D eigenvalue weighted by atomic mass is 10.1. The first-order chi connectivity index (χ1) is 14.5. The molecule has 3 rings (SSSR count). The van der Waals surface area contributed by atoms with Crippen LogP contribution in [0.1, 0.15) is 43.6 Å². The lowest BCUT2D eigenvalue weighted by molar-refractivity contribution is -0.123. The number of nitrogens with one attached hydrogen (secondary N) is 1. The largest absolute Gasteiger partial charge is 0.493 e. The van der Waals surface area contributed by atoms with Gasteiger partial charge in [-0.3, -0.25) is 4.79 Å². The van der Waals surface area contributed by atoms with Crippen LogP contribution in [0.2, 0.25) is 0 Å². The number of nitrogens with zero attached hydrogens (tertiary/aromatic N) is 2. The first-order valence-corrected chi connectivity index (χ1v) is 10.9. The first kappa shape index (κ1) is 21.9. The molecule has 0 saturated heterocycles. The average Bonchev–Trinajstić information content (AvgIpc) is 3.07. The lowest BCUT2D eigenvalue weighted by Gasteiger charge is -2.12. The Balaban J connectivity index is 1.57. The normalized spacial score (nSPS) is 11.2. The van der Waals surface area contributed by atoms with Crippen molar-refractivity contribution in [1.29, 1.82) is 0 Å². The number of imidazole rings is 1. The molecule has 0 fully saturated rings. The third kappa shape index (κ3) is 5.62. The molecule has 0 saturated carbocycles. The second kappa shape index (κ2) is 10.3. The predicted octanol–water partition coefficient (Wildman–Crippen LogP) is 4.83. The van der Waals surface area contributed by atoms with Crippen LogP contribution >= 0.6 is 0 Å². The fraction of sp³-hybridized carbons (Fsp3) is 0.440. The molecule has 0 aliphatic heterocycles. The summed E-state index contributed by atoms with van der Waals surface area (Å²) in [5, 5.41) is 2.99. The van der Waals surface area contributed by atoms with Crippen molar-refractivity contribution in [2.45, 2.75) is 53.5 Å². The molecule has 5 heteroatoms. The zero-order valence-corrected chi connectivity index (χ0v) is 18.6. The fourth-order valence-corrected chi connectivity index (χ4v) is 3.48. The number of aryl methyl sites for hydroxylation is 3.